The van der Waals surface area contributed by atoms with Crippen molar-refractivity contribution in [2.24, 2.45) is 0 Å². The first-order chi connectivity index (χ1) is 17.4. The first-order valence-corrected chi connectivity index (χ1v) is 11.6. The molecule has 1 heterocycles. The van der Waals surface area contributed by atoms with E-state index in [4.69, 9.17) is 14.2 Å². The summed E-state index contributed by atoms with van der Waals surface area (Å²) < 4.78 is 28.8. The number of amides is 2. The smallest absolute Gasteiger partial charge is 0.408 e. The molecule has 0 bridgehead atoms. The number of carbonyl (C=O) groups is 3. The van der Waals surface area contributed by atoms with Crippen LogP contribution in [0.5, 0.6) is 0 Å². The molecule has 10 nitrogen and oxygen atoms in total. The SMILES string of the molecule is O=C(Cc1ccc(F)cc1)Nc1ccc(COC(=O)N[C@@H](COCCN2CCOCC2)C(=O)O)cc1. The quantitative estimate of drug-likeness (QED) is 0.376. The highest BCUT2D eigenvalue weighted by molar-refractivity contribution is 5.92. The number of hydrogen-bond acceptors (Lipinski definition) is 7. The Morgan fingerprint density at radius 2 is 1.69 bits per heavy atom. The number of nitrogens with zero attached hydrogens (tertiary/aromatic N) is 1. The highest BCUT2D eigenvalue weighted by Crippen LogP contribution is 2.12. The van der Waals surface area contributed by atoms with Crippen LogP contribution in [0.2, 0.25) is 0 Å². The molecule has 0 aliphatic carbocycles. The number of carbonyl (C=O) groups excluding carboxylic acids is 2. The third-order valence-corrected chi connectivity index (χ3v) is 5.42. The lowest BCUT2D eigenvalue weighted by atomic mass is 10.1. The second-order valence-electron chi connectivity index (χ2n) is 8.19. The molecule has 0 unspecified atom stereocenters. The van der Waals surface area contributed by atoms with E-state index in [0.29, 0.717) is 43.2 Å². The molecular formula is C25H30FN3O7. The number of nitrogens with one attached hydrogen (secondary N) is 2. The number of hydrogen-bond donors (Lipinski definition) is 3. The normalized spacial score (nSPS) is 14.6. The Hall–Kier alpha value is -3.54. The van der Waals surface area contributed by atoms with Gasteiger partial charge in [-0.25, -0.2) is 14.0 Å². The van der Waals surface area contributed by atoms with Gasteiger partial charge in [0, 0.05) is 25.3 Å². The summed E-state index contributed by atoms with van der Waals surface area (Å²) in [6.07, 6.45) is -0.775. The van der Waals surface area contributed by atoms with E-state index in [1.807, 2.05) is 0 Å². The van der Waals surface area contributed by atoms with Crippen LogP contribution in [0.15, 0.2) is 48.5 Å². The molecule has 1 atom stereocenters. The van der Waals surface area contributed by atoms with E-state index in [0.717, 1.165) is 13.1 Å². The lowest BCUT2D eigenvalue weighted by Crippen LogP contribution is -2.45. The number of rotatable bonds is 12. The molecule has 1 fully saturated rings. The topological polar surface area (TPSA) is 126 Å². The zero-order chi connectivity index (χ0) is 25.8. The summed E-state index contributed by atoms with van der Waals surface area (Å²) in [6.45, 7) is 3.68. The second kappa shape index (κ2) is 14.1. The first kappa shape index (κ1) is 27.1. The summed E-state index contributed by atoms with van der Waals surface area (Å²) in [5.41, 5.74) is 1.89. The van der Waals surface area contributed by atoms with E-state index in [1.165, 1.54) is 12.1 Å². The second-order valence-corrected chi connectivity index (χ2v) is 8.19. The van der Waals surface area contributed by atoms with Crippen molar-refractivity contribution >= 4 is 23.7 Å². The standard InChI is InChI=1S/C25H30FN3O7/c26-20-5-1-18(2-6-20)15-23(30)27-21-7-3-19(4-8-21)16-36-25(33)28-22(24(31)32)17-35-14-11-29-9-12-34-13-10-29/h1-8,22H,9-17H2,(H,27,30)(H,28,33)(H,31,32)/t22-/m0/s1. The van der Waals surface area contributed by atoms with Crippen LogP contribution < -0.4 is 10.6 Å². The number of carboxylic acids is 1. The van der Waals surface area contributed by atoms with Crippen LogP contribution in [0.25, 0.3) is 0 Å². The van der Waals surface area contributed by atoms with Gasteiger partial charge in [-0.1, -0.05) is 24.3 Å². The van der Waals surface area contributed by atoms with E-state index in [1.54, 1.807) is 36.4 Å². The average molecular weight is 504 g/mol. The Balaban J connectivity index is 1.36. The lowest BCUT2D eigenvalue weighted by molar-refractivity contribution is -0.141. The number of carboxylic acid groups (broad SMARTS) is 1. The fourth-order valence-corrected chi connectivity index (χ4v) is 3.40. The van der Waals surface area contributed by atoms with Crippen LogP contribution in [0.4, 0.5) is 14.9 Å². The molecule has 2 aromatic rings. The average Bonchev–Trinajstić information content (AvgIpc) is 2.87. The zero-order valence-electron chi connectivity index (χ0n) is 19.8. The molecule has 3 rings (SSSR count). The maximum Gasteiger partial charge on any atom is 0.408 e. The zero-order valence-corrected chi connectivity index (χ0v) is 19.8. The van der Waals surface area contributed by atoms with Gasteiger partial charge in [-0.05, 0) is 35.4 Å². The molecule has 1 aliphatic rings. The molecule has 1 saturated heterocycles. The minimum atomic E-state index is -1.24. The molecule has 1 aliphatic heterocycles. The Morgan fingerprint density at radius 1 is 1.03 bits per heavy atom. The van der Waals surface area contributed by atoms with Crippen molar-refractivity contribution < 1.29 is 38.1 Å². The predicted octanol–water partition coefficient (Wildman–Crippen LogP) is 2.04. The largest absolute Gasteiger partial charge is 0.480 e. The number of morpholine rings is 1. The number of alkyl carbamates (subject to hydrolysis) is 1. The van der Waals surface area contributed by atoms with Crippen molar-refractivity contribution in [3.8, 4) is 0 Å². The van der Waals surface area contributed by atoms with Crippen molar-refractivity contribution in [3.63, 3.8) is 0 Å². The van der Waals surface area contributed by atoms with Crippen molar-refractivity contribution in [2.45, 2.75) is 19.1 Å². The van der Waals surface area contributed by atoms with E-state index in [-0.39, 0.29) is 31.4 Å². The van der Waals surface area contributed by atoms with Crippen LogP contribution in [-0.4, -0.2) is 80.1 Å². The highest BCUT2D eigenvalue weighted by Gasteiger charge is 2.21. The Labute approximate surface area is 208 Å². The maximum absolute atomic E-state index is 13.0. The summed E-state index contributed by atoms with van der Waals surface area (Å²) in [4.78, 5) is 37.8. The summed E-state index contributed by atoms with van der Waals surface area (Å²) in [5, 5.41) is 14.4. The lowest BCUT2D eigenvalue weighted by Gasteiger charge is -2.26. The summed E-state index contributed by atoms with van der Waals surface area (Å²) in [7, 11) is 0. The van der Waals surface area contributed by atoms with Crippen LogP contribution in [0, 0.1) is 5.82 Å². The Kier molecular flexibility index (Phi) is 10.6. The van der Waals surface area contributed by atoms with Gasteiger partial charge in [0.15, 0.2) is 6.04 Å². The van der Waals surface area contributed by atoms with Crippen LogP contribution in [0.3, 0.4) is 0 Å². The molecule has 3 N–H and O–H groups in total. The fraction of sp³-hybridized carbons (Fsp3) is 0.400. The van der Waals surface area contributed by atoms with Gasteiger partial charge in [0.05, 0.1) is 32.8 Å². The molecule has 11 heteroatoms. The maximum atomic E-state index is 13.0. The number of aliphatic carboxylic acids is 1. The van der Waals surface area contributed by atoms with Crippen molar-refractivity contribution in [2.75, 3.05) is 51.4 Å². The minimum absolute atomic E-state index is 0.0835. The number of anilines is 1. The third-order valence-electron chi connectivity index (χ3n) is 5.42. The van der Waals surface area contributed by atoms with Gasteiger partial charge in [0.2, 0.25) is 5.91 Å². The van der Waals surface area contributed by atoms with E-state index >= 15 is 0 Å². The Morgan fingerprint density at radius 3 is 2.36 bits per heavy atom. The van der Waals surface area contributed by atoms with E-state index < -0.39 is 18.1 Å². The van der Waals surface area contributed by atoms with Gasteiger partial charge in [-0.15, -0.1) is 0 Å². The molecule has 0 radical (unpaired) electrons. The van der Waals surface area contributed by atoms with Crippen molar-refractivity contribution in [1.82, 2.24) is 10.2 Å². The molecule has 2 amide bonds. The fourth-order valence-electron chi connectivity index (χ4n) is 3.40. The summed E-state index contributed by atoms with van der Waals surface area (Å²) in [6, 6.07) is 11.1. The molecule has 0 saturated carbocycles. The Bertz CT molecular complexity index is 996. The molecule has 2 aromatic carbocycles. The van der Waals surface area contributed by atoms with Gasteiger partial charge in [-0.3, -0.25) is 9.69 Å². The van der Waals surface area contributed by atoms with Gasteiger partial charge < -0.3 is 30.0 Å². The van der Waals surface area contributed by atoms with Crippen LogP contribution in [0.1, 0.15) is 11.1 Å². The number of ether oxygens (including phenoxy) is 3. The predicted molar refractivity (Wildman–Crippen MR) is 128 cm³/mol. The first-order valence-electron chi connectivity index (χ1n) is 11.6. The van der Waals surface area contributed by atoms with E-state index in [2.05, 4.69) is 15.5 Å². The third kappa shape index (κ3) is 9.61. The molecular weight excluding hydrogens is 473 g/mol. The molecule has 194 valence electrons. The molecule has 36 heavy (non-hydrogen) atoms. The number of halogens is 1. The molecule has 0 aromatic heterocycles. The minimum Gasteiger partial charge on any atom is -0.480 e. The van der Waals surface area contributed by atoms with Gasteiger partial charge in [-0.2, -0.15) is 0 Å². The number of benzene rings is 2. The molecule has 0 spiro atoms. The summed E-state index contributed by atoms with van der Waals surface area (Å²) >= 11 is 0. The van der Waals surface area contributed by atoms with Gasteiger partial charge in [0.25, 0.3) is 0 Å². The van der Waals surface area contributed by atoms with Gasteiger partial charge in [0.1, 0.15) is 12.4 Å². The van der Waals surface area contributed by atoms with Gasteiger partial charge >= 0.3 is 12.1 Å². The van der Waals surface area contributed by atoms with E-state index in [9.17, 15) is 23.9 Å². The van der Waals surface area contributed by atoms with Crippen molar-refractivity contribution in [1.29, 1.82) is 0 Å². The van der Waals surface area contributed by atoms with Crippen LogP contribution in [-0.2, 0) is 36.8 Å². The van der Waals surface area contributed by atoms with Crippen molar-refractivity contribution in [3.05, 3.63) is 65.5 Å². The monoisotopic (exact) mass is 503 g/mol. The van der Waals surface area contributed by atoms with Crippen LogP contribution >= 0.6 is 0 Å². The highest BCUT2D eigenvalue weighted by atomic mass is 19.1. The summed E-state index contributed by atoms with van der Waals surface area (Å²) in [5.74, 6) is -1.84.